The van der Waals surface area contributed by atoms with E-state index in [1.54, 1.807) is 11.8 Å². The molecule has 0 aromatic carbocycles. The highest BCUT2D eigenvalue weighted by Gasteiger charge is 2.08. The van der Waals surface area contributed by atoms with Crippen molar-refractivity contribution in [2.24, 2.45) is 5.92 Å². The van der Waals surface area contributed by atoms with Crippen LogP contribution < -0.4 is 5.73 Å². The summed E-state index contributed by atoms with van der Waals surface area (Å²) in [6, 6.07) is 0. The van der Waals surface area contributed by atoms with Gasteiger partial charge in [-0.1, -0.05) is 25.6 Å². The molecule has 0 radical (unpaired) electrons. The second-order valence-electron chi connectivity index (χ2n) is 3.82. The SMILES string of the molecule is CC(C)CSc1nc(N)nc(-n2cncn2)n1. The van der Waals surface area contributed by atoms with Crippen LogP contribution in [0.3, 0.4) is 0 Å². The zero-order chi connectivity index (χ0) is 12.3. The van der Waals surface area contributed by atoms with Crippen molar-refractivity contribution >= 4 is 17.7 Å². The number of hydrogen-bond acceptors (Lipinski definition) is 7. The minimum atomic E-state index is 0.191. The van der Waals surface area contributed by atoms with E-state index in [4.69, 9.17) is 5.73 Å². The fraction of sp³-hybridized carbons (Fsp3) is 0.444. The van der Waals surface area contributed by atoms with Gasteiger partial charge in [0.2, 0.25) is 5.95 Å². The van der Waals surface area contributed by atoms with Crippen LogP contribution in [-0.2, 0) is 0 Å². The molecule has 8 heteroatoms. The molecule has 2 heterocycles. The van der Waals surface area contributed by atoms with Gasteiger partial charge < -0.3 is 5.73 Å². The van der Waals surface area contributed by atoms with E-state index < -0.39 is 0 Å². The number of aromatic nitrogens is 6. The molecule has 0 unspecified atom stereocenters. The number of nitrogens with zero attached hydrogens (tertiary/aromatic N) is 6. The molecule has 2 rings (SSSR count). The highest BCUT2D eigenvalue weighted by atomic mass is 32.2. The van der Waals surface area contributed by atoms with Crippen molar-refractivity contribution < 1.29 is 0 Å². The molecule has 0 fully saturated rings. The number of anilines is 1. The molecule has 0 saturated heterocycles. The van der Waals surface area contributed by atoms with Gasteiger partial charge in [0.25, 0.3) is 5.95 Å². The van der Waals surface area contributed by atoms with Crippen LogP contribution in [0.25, 0.3) is 5.95 Å². The molecule has 0 aliphatic rings. The van der Waals surface area contributed by atoms with Gasteiger partial charge in [-0.25, -0.2) is 4.98 Å². The molecule has 0 aliphatic carbocycles. The second-order valence-corrected chi connectivity index (χ2v) is 4.81. The molecule has 0 amide bonds. The first-order valence-electron chi connectivity index (χ1n) is 5.14. The normalized spacial score (nSPS) is 11.0. The first-order valence-corrected chi connectivity index (χ1v) is 6.13. The lowest BCUT2D eigenvalue weighted by Crippen LogP contribution is -2.08. The maximum absolute atomic E-state index is 5.63. The molecule has 0 spiro atoms. The Bertz CT molecular complexity index is 482. The van der Waals surface area contributed by atoms with E-state index in [-0.39, 0.29) is 5.95 Å². The van der Waals surface area contributed by atoms with Crippen molar-refractivity contribution in [1.29, 1.82) is 0 Å². The predicted molar refractivity (Wildman–Crippen MR) is 64.7 cm³/mol. The first kappa shape index (κ1) is 11.8. The van der Waals surface area contributed by atoms with Crippen LogP contribution in [0.2, 0.25) is 0 Å². The summed E-state index contributed by atoms with van der Waals surface area (Å²) in [5.41, 5.74) is 5.63. The van der Waals surface area contributed by atoms with Crippen molar-refractivity contribution in [2.75, 3.05) is 11.5 Å². The summed E-state index contributed by atoms with van der Waals surface area (Å²) in [4.78, 5) is 16.2. The van der Waals surface area contributed by atoms with Crippen LogP contribution in [-0.4, -0.2) is 35.5 Å². The third kappa shape index (κ3) is 3.13. The largest absolute Gasteiger partial charge is 0.368 e. The van der Waals surface area contributed by atoms with Crippen molar-refractivity contribution in [3.05, 3.63) is 12.7 Å². The Morgan fingerprint density at radius 3 is 2.82 bits per heavy atom. The van der Waals surface area contributed by atoms with Crippen LogP contribution in [0, 0.1) is 5.92 Å². The van der Waals surface area contributed by atoms with Gasteiger partial charge in [0.1, 0.15) is 12.7 Å². The number of nitrogens with two attached hydrogens (primary N) is 1. The molecule has 0 atom stereocenters. The quantitative estimate of drug-likeness (QED) is 0.802. The minimum Gasteiger partial charge on any atom is -0.368 e. The van der Waals surface area contributed by atoms with Crippen LogP contribution in [0.4, 0.5) is 5.95 Å². The molecule has 2 aromatic rings. The summed E-state index contributed by atoms with van der Waals surface area (Å²) in [5, 5.41) is 4.56. The molecule has 0 bridgehead atoms. The van der Waals surface area contributed by atoms with E-state index >= 15 is 0 Å². The Kier molecular flexibility index (Phi) is 3.52. The zero-order valence-corrected chi connectivity index (χ0v) is 10.4. The molecule has 7 nitrogen and oxygen atoms in total. The van der Waals surface area contributed by atoms with Gasteiger partial charge in [-0.3, -0.25) is 0 Å². The van der Waals surface area contributed by atoms with Crippen molar-refractivity contribution in [3.63, 3.8) is 0 Å². The van der Waals surface area contributed by atoms with Crippen molar-refractivity contribution in [2.45, 2.75) is 19.0 Å². The lowest BCUT2D eigenvalue weighted by molar-refractivity contribution is 0.739. The maximum Gasteiger partial charge on any atom is 0.257 e. The summed E-state index contributed by atoms with van der Waals surface area (Å²) in [5.74, 6) is 2.08. The van der Waals surface area contributed by atoms with E-state index in [1.165, 1.54) is 17.3 Å². The summed E-state index contributed by atoms with van der Waals surface area (Å²) in [6.45, 7) is 4.27. The topological polar surface area (TPSA) is 95.4 Å². The molecule has 17 heavy (non-hydrogen) atoms. The predicted octanol–water partition coefficient (Wildman–Crippen LogP) is 0.783. The monoisotopic (exact) mass is 251 g/mol. The van der Waals surface area contributed by atoms with Crippen molar-refractivity contribution in [1.82, 2.24) is 29.7 Å². The molecule has 2 aromatic heterocycles. The average Bonchev–Trinajstić information content (AvgIpc) is 2.79. The molecule has 0 aliphatic heterocycles. The summed E-state index contributed by atoms with van der Waals surface area (Å²) >= 11 is 1.55. The fourth-order valence-corrected chi connectivity index (χ4v) is 1.87. The average molecular weight is 251 g/mol. The number of thioether (sulfide) groups is 1. The zero-order valence-electron chi connectivity index (χ0n) is 9.61. The Morgan fingerprint density at radius 1 is 1.35 bits per heavy atom. The van der Waals surface area contributed by atoms with Gasteiger partial charge in [-0.05, 0) is 5.92 Å². The third-order valence-electron chi connectivity index (χ3n) is 1.79. The van der Waals surface area contributed by atoms with Gasteiger partial charge in [-0.15, -0.1) is 0 Å². The first-order chi connectivity index (χ1) is 8.15. The number of rotatable bonds is 4. The number of nitrogen functional groups attached to an aromatic ring is 1. The fourth-order valence-electron chi connectivity index (χ4n) is 1.08. The van der Waals surface area contributed by atoms with Crippen LogP contribution >= 0.6 is 11.8 Å². The number of hydrogen-bond donors (Lipinski definition) is 1. The van der Waals surface area contributed by atoms with Crippen LogP contribution in [0.15, 0.2) is 17.8 Å². The smallest absolute Gasteiger partial charge is 0.257 e. The third-order valence-corrected chi connectivity index (χ3v) is 3.06. The van der Waals surface area contributed by atoms with E-state index in [2.05, 4.69) is 38.9 Å². The highest BCUT2D eigenvalue weighted by molar-refractivity contribution is 7.99. The molecule has 2 N–H and O–H groups in total. The molecule has 0 saturated carbocycles. The molecular weight excluding hydrogens is 238 g/mol. The van der Waals surface area contributed by atoms with Gasteiger partial charge in [-0.2, -0.15) is 24.7 Å². The summed E-state index contributed by atoms with van der Waals surface area (Å²) < 4.78 is 1.46. The van der Waals surface area contributed by atoms with Crippen LogP contribution in [0.5, 0.6) is 0 Å². The van der Waals surface area contributed by atoms with E-state index in [9.17, 15) is 0 Å². The van der Waals surface area contributed by atoms with Gasteiger partial charge >= 0.3 is 0 Å². The highest BCUT2D eigenvalue weighted by Crippen LogP contribution is 2.17. The van der Waals surface area contributed by atoms with E-state index in [1.807, 2.05) is 0 Å². The minimum absolute atomic E-state index is 0.191. The van der Waals surface area contributed by atoms with Crippen LogP contribution in [0.1, 0.15) is 13.8 Å². The maximum atomic E-state index is 5.63. The lowest BCUT2D eigenvalue weighted by Gasteiger charge is -2.05. The van der Waals surface area contributed by atoms with Gasteiger partial charge in [0.05, 0.1) is 0 Å². The Morgan fingerprint density at radius 2 is 2.18 bits per heavy atom. The molecule has 90 valence electrons. The summed E-state index contributed by atoms with van der Waals surface area (Å²) in [6.07, 6.45) is 2.94. The second kappa shape index (κ2) is 5.09. The van der Waals surface area contributed by atoms with E-state index in [0.29, 0.717) is 17.0 Å². The Balaban J connectivity index is 2.24. The Labute approximate surface area is 103 Å². The van der Waals surface area contributed by atoms with E-state index in [0.717, 1.165) is 5.75 Å². The standard InChI is InChI=1S/C9H13N7S/c1-6(2)3-17-9-14-7(10)13-8(15-9)16-5-11-4-12-16/h4-6H,3H2,1-2H3,(H2,10,13,14,15). The summed E-state index contributed by atoms with van der Waals surface area (Å²) in [7, 11) is 0. The lowest BCUT2D eigenvalue weighted by atomic mass is 10.3. The Hall–Kier alpha value is -1.70. The van der Waals surface area contributed by atoms with Crippen molar-refractivity contribution in [3.8, 4) is 5.95 Å². The van der Waals surface area contributed by atoms with Gasteiger partial charge in [0, 0.05) is 5.75 Å². The van der Waals surface area contributed by atoms with Gasteiger partial charge in [0.15, 0.2) is 5.16 Å². The molecular formula is C9H13N7S.